The average Bonchev–Trinajstić information content (AvgIpc) is 3.76. The molecule has 1 saturated heterocycles. The molecule has 2 aromatic carbocycles. The number of likely N-dealkylation sites (tertiary alicyclic amines) is 1. The van der Waals surface area contributed by atoms with Crippen molar-refractivity contribution in [3.05, 3.63) is 70.7 Å². The number of amides is 2. The van der Waals surface area contributed by atoms with Gasteiger partial charge in [0.25, 0.3) is 0 Å². The van der Waals surface area contributed by atoms with Crippen molar-refractivity contribution in [2.75, 3.05) is 6.54 Å². The lowest BCUT2D eigenvalue weighted by molar-refractivity contribution is -0.140. The Morgan fingerprint density at radius 2 is 1.71 bits per heavy atom. The van der Waals surface area contributed by atoms with Crippen molar-refractivity contribution in [2.45, 2.75) is 60.1 Å². The minimum Gasteiger partial charge on any atom is -0.336 e. The fourth-order valence-electron chi connectivity index (χ4n) is 4.96. The molecule has 2 atom stereocenters. The number of sulfone groups is 1. The molecular weight excluding hydrogens is 486 g/mol. The number of halogens is 1. The Balaban J connectivity index is 1.42. The number of nitrogens with one attached hydrogen (secondary N) is 1. The number of rotatable bonds is 7. The molecule has 1 heterocycles. The number of benzene rings is 2. The average molecular weight is 512 g/mol. The van der Waals surface area contributed by atoms with E-state index in [0.29, 0.717) is 36.3 Å². The summed E-state index contributed by atoms with van der Waals surface area (Å²) < 4.78 is 26.7. The van der Waals surface area contributed by atoms with Crippen molar-refractivity contribution in [3.8, 4) is 6.07 Å². The first-order valence-electron chi connectivity index (χ1n) is 11.7. The Kier molecular flexibility index (Phi) is 5.89. The fourth-order valence-corrected chi connectivity index (χ4v) is 6.84. The molecule has 5 rings (SSSR count). The Hall–Kier alpha value is -2.89. The van der Waals surface area contributed by atoms with Gasteiger partial charge in [0.05, 0.1) is 22.5 Å². The van der Waals surface area contributed by atoms with Crippen molar-refractivity contribution in [1.29, 1.82) is 5.26 Å². The number of carbonyl (C=O) groups is 2. The summed E-state index contributed by atoms with van der Waals surface area (Å²) in [5.74, 6) is -0.847. The Morgan fingerprint density at radius 3 is 2.29 bits per heavy atom. The Labute approximate surface area is 210 Å². The molecule has 2 unspecified atom stereocenters. The zero-order valence-corrected chi connectivity index (χ0v) is 20.7. The van der Waals surface area contributed by atoms with Gasteiger partial charge in [0.2, 0.25) is 11.8 Å². The maximum atomic E-state index is 13.9. The Bertz CT molecular complexity index is 1300. The summed E-state index contributed by atoms with van der Waals surface area (Å²) in [6, 6.07) is 17.2. The van der Waals surface area contributed by atoms with E-state index in [9.17, 15) is 23.3 Å². The summed E-state index contributed by atoms with van der Waals surface area (Å²) in [6.45, 7) is -0.0407. The molecular formula is C26H26ClN3O4S. The first-order valence-corrected chi connectivity index (χ1v) is 13.8. The molecule has 35 heavy (non-hydrogen) atoms. The van der Waals surface area contributed by atoms with Crippen LogP contribution in [0.1, 0.15) is 43.2 Å². The lowest BCUT2D eigenvalue weighted by atomic mass is 9.94. The van der Waals surface area contributed by atoms with E-state index in [4.69, 9.17) is 11.6 Å². The predicted octanol–water partition coefficient (Wildman–Crippen LogP) is 3.13. The van der Waals surface area contributed by atoms with E-state index >= 15 is 0 Å². The SMILES string of the molecule is N#CC1(NC(=O)C2CC(S(=O)(=O)Cc3ccccc3)CN2C(=O)C2(c3ccc(Cl)cc3)CC2)CC1. The van der Waals surface area contributed by atoms with E-state index < -0.39 is 38.0 Å². The predicted molar refractivity (Wildman–Crippen MR) is 131 cm³/mol. The van der Waals surface area contributed by atoms with Crippen LogP contribution in [0.2, 0.25) is 5.02 Å². The molecule has 182 valence electrons. The van der Waals surface area contributed by atoms with Crippen LogP contribution in [0.15, 0.2) is 54.6 Å². The number of hydrogen-bond donors (Lipinski definition) is 1. The van der Waals surface area contributed by atoms with Crippen LogP contribution in [0.5, 0.6) is 0 Å². The third-order valence-electron chi connectivity index (χ3n) is 7.43. The summed E-state index contributed by atoms with van der Waals surface area (Å²) in [5, 5.41) is 11.9. The summed E-state index contributed by atoms with van der Waals surface area (Å²) in [4.78, 5) is 28.6. The van der Waals surface area contributed by atoms with Crippen LogP contribution < -0.4 is 5.32 Å². The van der Waals surface area contributed by atoms with Gasteiger partial charge in [-0.25, -0.2) is 8.42 Å². The second-order valence-electron chi connectivity index (χ2n) is 9.90. The highest BCUT2D eigenvalue weighted by molar-refractivity contribution is 7.91. The lowest BCUT2D eigenvalue weighted by Crippen LogP contribution is -2.51. The van der Waals surface area contributed by atoms with Crippen LogP contribution in [0.3, 0.4) is 0 Å². The monoisotopic (exact) mass is 511 g/mol. The molecule has 3 aliphatic rings. The summed E-state index contributed by atoms with van der Waals surface area (Å²) in [5.41, 5.74) is -0.189. The topological polar surface area (TPSA) is 107 Å². The quantitative estimate of drug-likeness (QED) is 0.614. The summed E-state index contributed by atoms with van der Waals surface area (Å²) in [6.07, 6.45) is 2.38. The molecule has 0 aromatic heterocycles. The maximum Gasteiger partial charge on any atom is 0.244 e. The van der Waals surface area contributed by atoms with Crippen LogP contribution in [0.25, 0.3) is 0 Å². The minimum atomic E-state index is -3.63. The van der Waals surface area contributed by atoms with Crippen LogP contribution >= 0.6 is 11.6 Å². The molecule has 1 aliphatic heterocycles. The molecule has 0 spiro atoms. The molecule has 0 radical (unpaired) electrons. The van der Waals surface area contributed by atoms with Crippen LogP contribution in [0.4, 0.5) is 0 Å². The van der Waals surface area contributed by atoms with Gasteiger partial charge in [-0.3, -0.25) is 9.59 Å². The van der Waals surface area contributed by atoms with Gasteiger partial charge < -0.3 is 10.2 Å². The molecule has 2 saturated carbocycles. The molecule has 0 bridgehead atoms. The molecule has 9 heteroatoms. The van der Waals surface area contributed by atoms with Gasteiger partial charge >= 0.3 is 0 Å². The number of nitriles is 1. The second kappa shape index (κ2) is 8.65. The molecule has 3 fully saturated rings. The van der Waals surface area contributed by atoms with Crippen molar-refractivity contribution in [3.63, 3.8) is 0 Å². The van der Waals surface area contributed by atoms with Crippen molar-refractivity contribution in [2.24, 2.45) is 0 Å². The number of hydrogen-bond acceptors (Lipinski definition) is 5. The van der Waals surface area contributed by atoms with Crippen molar-refractivity contribution in [1.82, 2.24) is 10.2 Å². The third-order valence-corrected chi connectivity index (χ3v) is 9.77. The minimum absolute atomic E-state index is 0.0188. The molecule has 2 aromatic rings. The highest BCUT2D eigenvalue weighted by Crippen LogP contribution is 2.51. The van der Waals surface area contributed by atoms with Gasteiger partial charge in [-0.2, -0.15) is 5.26 Å². The summed E-state index contributed by atoms with van der Waals surface area (Å²) in [7, 11) is -3.63. The fraction of sp³-hybridized carbons (Fsp3) is 0.423. The maximum absolute atomic E-state index is 13.9. The highest BCUT2D eigenvalue weighted by atomic mass is 35.5. The van der Waals surface area contributed by atoms with Gasteiger partial charge in [-0.1, -0.05) is 54.1 Å². The molecule has 2 amide bonds. The van der Waals surface area contributed by atoms with Crippen molar-refractivity contribution >= 4 is 33.3 Å². The van der Waals surface area contributed by atoms with Gasteiger partial charge in [0.15, 0.2) is 9.84 Å². The van der Waals surface area contributed by atoms with Crippen LogP contribution in [0, 0.1) is 11.3 Å². The van der Waals surface area contributed by atoms with Gasteiger partial charge in [0.1, 0.15) is 11.6 Å². The van der Waals surface area contributed by atoms with Crippen LogP contribution in [-0.2, 0) is 30.6 Å². The molecule has 7 nitrogen and oxygen atoms in total. The highest BCUT2D eigenvalue weighted by Gasteiger charge is 2.57. The summed E-state index contributed by atoms with van der Waals surface area (Å²) >= 11 is 6.03. The number of nitrogens with zero attached hydrogens (tertiary/aromatic N) is 2. The van der Waals surface area contributed by atoms with E-state index in [-0.39, 0.29) is 24.6 Å². The van der Waals surface area contributed by atoms with E-state index in [1.807, 2.05) is 18.2 Å². The van der Waals surface area contributed by atoms with Gasteiger partial charge in [-0.15, -0.1) is 0 Å². The van der Waals surface area contributed by atoms with Crippen molar-refractivity contribution < 1.29 is 18.0 Å². The molecule has 2 aliphatic carbocycles. The van der Waals surface area contributed by atoms with Crippen LogP contribution in [-0.4, -0.2) is 48.5 Å². The van der Waals surface area contributed by atoms with E-state index in [1.54, 1.807) is 36.4 Å². The van der Waals surface area contributed by atoms with E-state index in [0.717, 1.165) is 5.56 Å². The smallest absolute Gasteiger partial charge is 0.244 e. The van der Waals surface area contributed by atoms with Gasteiger partial charge in [-0.05, 0) is 55.4 Å². The van der Waals surface area contributed by atoms with E-state index in [1.165, 1.54) is 4.90 Å². The second-order valence-corrected chi connectivity index (χ2v) is 12.6. The zero-order valence-electron chi connectivity index (χ0n) is 19.1. The zero-order chi connectivity index (χ0) is 24.8. The largest absolute Gasteiger partial charge is 0.336 e. The van der Waals surface area contributed by atoms with E-state index in [2.05, 4.69) is 11.4 Å². The lowest BCUT2D eigenvalue weighted by Gasteiger charge is -2.29. The van der Waals surface area contributed by atoms with Gasteiger partial charge in [0, 0.05) is 11.6 Å². The molecule has 1 N–H and O–H groups in total. The Morgan fingerprint density at radius 1 is 1.06 bits per heavy atom. The first-order chi connectivity index (χ1) is 16.7. The normalized spacial score (nSPS) is 23.8. The first kappa shape index (κ1) is 23.8. The number of carbonyl (C=O) groups excluding carboxylic acids is 2. The standard InChI is InChI=1S/C26H26ClN3O4S/c27-20-8-6-19(7-9-20)26(12-13-26)24(32)30-15-21(35(33,34)16-18-4-2-1-3-5-18)14-22(30)23(31)29-25(17-28)10-11-25/h1-9,21-22H,10-16H2,(H,29,31). The third kappa shape index (κ3) is 4.55.